The number of carbonyl (C=O) groups excluding carboxylic acids is 1. The van der Waals surface area contributed by atoms with E-state index in [0.29, 0.717) is 18.9 Å². The van der Waals surface area contributed by atoms with Gasteiger partial charge in [0.2, 0.25) is 5.91 Å². The molecule has 3 saturated heterocycles. The molecule has 0 bridgehead atoms. The molecule has 0 saturated carbocycles. The molecule has 3 aliphatic heterocycles. The van der Waals surface area contributed by atoms with Crippen molar-refractivity contribution in [2.45, 2.75) is 44.4 Å². The summed E-state index contributed by atoms with van der Waals surface area (Å²) in [5.41, 5.74) is 0. The van der Waals surface area contributed by atoms with Crippen LogP contribution in [0.1, 0.15) is 31.4 Å². The Morgan fingerprint density at radius 2 is 2.26 bits per heavy atom. The number of carbonyl (C=O) groups is 1. The maximum absolute atomic E-state index is 12.2. The van der Waals surface area contributed by atoms with Crippen LogP contribution >= 0.6 is 0 Å². The van der Waals surface area contributed by atoms with E-state index in [9.17, 15) is 4.79 Å². The highest BCUT2D eigenvalue weighted by Crippen LogP contribution is 2.35. The Labute approximate surface area is 136 Å². The Morgan fingerprint density at radius 1 is 1.30 bits per heavy atom. The van der Waals surface area contributed by atoms with E-state index in [-0.39, 0.29) is 18.1 Å². The van der Waals surface area contributed by atoms with Crippen molar-refractivity contribution < 1.29 is 18.8 Å². The molecule has 0 radical (unpaired) electrons. The van der Waals surface area contributed by atoms with Crippen LogP contribution in [0.15, 0.2) is 22.8 Å². The second kappa shape index (κ2) is 6.63. The lowest BCUT2D eigenvalue weighted by atomic mass is 10.0. The fourth-order valence-corrected chi connectivity index (χ4v) is 3.92. The number of furan rings is 1. The maximum atomic E-state index is 12.2. The van der Waals surface area contributed by atoms with Gasteiger partial charge < -0.3 is 9.15 Å². The average Bonchev–Trinajstić information content (AvgIpc) is 3.25. The highest BCUT2D eigenvalue weighted by atomic mass is 16.7. The first-order valence-corrected chi connectivity index (χ1v) is 8.61. The molecular weight excluding hydrogens is 296 g/mol. The molecule has 6 heteroatoms. The molecule has 3 atom stereocenters. The first-order valence-electron chi connectivity index (χ1n) is 8.61. The highest BCUT2D eigenvalue weighted by Gasteiger charge is 2.42. The fraction of sp³-hybridized carbons (Fsp3) is 0.706. The minimum Gasteiger partial charge on any atom is -0.468 e. The van der Waals surface area contributed by atoms with Gasteiger partial charge in [0.05, 0.1) is 38.0 Å². The molecule has 0 aliphatic carbocycles. The molecule has 3 fully saturated rings. The smallest absolute Gasteiger partial charge is 0.248 e. The molecule has 6 nitrogen and oxygen atoms in total. The summed E-state index contributed by atoms with van der Waals surface area (Å²) in [4.78, 5) is 20.1. The summed E-state index contributed by atoms with van der Waals surface area (Å²) < 4.78 is 11.5. The van der Waals surface area contributed by atoms with E-state index >= 15 is 0 Å². The molecule has 0 spiro atoms. The van der Waals surface area contributed by atoms with Crippen molar-refractivity contribution in [2.24, 2.45) is 5.92 Å². The normalized spacial score (nSPS) is 31.5. The van der Waals surface area contributed by atoms with E-state index in [0.717, 1.165) is 51.2 Å². The van der Waals surface area contributed by atoms with Crippen LogP contribution in [0.5, 0.6) is 0 Å². The van der Waals surface area contributed by atoms with Crippen molar-refractivity contribution in [3.05, 3.63) is 24.2 Å². The van der Waals surface area contributed by atoms with Gasteiger partial charge in [0, 0.05) is 25.6 Å². The zero-order chi connectivity index (χ0) is 15.6. The Bertz CT molecular complexity index is 513. The Hall–Kier alpha value is -1.37. The van der Waals surface area contributed by atoms with Gasteiger partial charge in [-0.15, -0.1) is 0 Å². The number of hydrogen-bond donors (Lipinski definition) is 0. The summed E-state index contributed by atoms with van der Waals surface area (Å²) in [6.45, 7) is 4.17. The van der Waals surface area contributed by atoms with Crippen LogP contribution in [0.4, 0.5) is 0 Å². The van der Waals surface area contributed by atoms with Gasteiger partial charge in [-0.25, -0.2) is 5.06 Å². The van der Waals surface area contributed by atoms with Crippen LogP contribution < -0.4 is 0 Å². The molecule has 3 aliphatic rings. The van der Waals surface area contributed by atoms with Gasteiger partial charge in [0.15, 0.2) is 0 Å². The molecular formula is C17H24N2O4. The van der Waals surface area contributed by atoms with Crippen LogP contribution in [0.2, 0.25) is 0 Å². The summed E-state index contributed by atoms with van der Waals surface area (Å²) in [6, 6.07) is 3.93. The Morgan fingerprint density at radius 3 is 3.00 bits per heavy atom. The SMILES string of the molecule is O=C(C[C@@H]1C[C@H]2CN(Cc3ccco3)C[C@H]2O1)N1CCCCO1. The van der Waals surface area contributed by atoms with E-state index in [1.165, 1.54) is 5.06 Å². The molecule has 0 aromatic carbocycles. The van der Waals surface area contributed by atoms with Gasteiger partial charge in [0.1, 0.15) is 5.76 Å². The number of nitrogens with zero attached hydrogens (tertiary/aromatic N) is 2. The zero-order valence-electron chi connectivity index (χ0n) is 13.4. The van der Waals surface area contributed by atoms with Crippen LogP contribution in [-0.4, -0.2) is 54.3 Å². The van der Waals surface area contributed by atoms with Crippen LogP contribution in [0, 0.1) is 5.92 Å². The minimum absolute atomic E-state index is 0.0498. The standard InChI is InChI=1S/C17H24N2O4/c20-17(19-5-1-2-7-22-19)9-15-8-13-10-18(12-16(13)23-15)11-14-4-3-6-21-14/h3-4,6,13,15-16H,1-2,5,7-12H2/t13-,15-,16+/m0/s1. The lowest BCUT2D eigenvalue weighted by Crippen LogP contribution is -2.37. The van der Waals surface area contributed by atoms with Crippen LogP contribution in [0.3, 0.4) is 0 Å². The van der Waals surface area contributed by atoms with Crippen molar-refractivity contribution in [2.75, 3.05) is 26.2 Å². The summed E-state index contributed by atoms with van der Waals surface area (Å²) in [6.07, 6.45) is 5.51. The first-order chi connectivity index (χ1) is 11.3. The summed E-state index contributed by atoms with van der Waals surface area (Å²) in [7, 11) is 0. The number of rotatable bonds is 4. The second-order valence-electron chi connectivity index (χ2n) is 6.81. The molecule has 126 valence electrons. The number of amides is 1. The maximum Gasteiger partial charge on any atom is 0.248 e. The first kappa shape index (κ1) is 15.2. The molecule has 1 aromatic rings. The third-order valence-corrected chi connectivity index (χ3v) is 5.03. The fourth-order valence-electron chi connectivity index (χ4n) is 3.92. The molecule has 1 amide bonds. The molecule has 1 aromatic heterocycles. The average molecular weight is 320 g/mol. The molecule has 0 N–H and O–H groups in total. The second-order valence-corrected chi connectivity index (χ2v) is 6.81. The van der Waals surface area contributed by atoms with Crippen LogP contribution in [-0.2, 0) is 20.9 Å². The van der Waals surface area contributed by atoms with E-state index in [4.69, 9.17) is 14.0 Å². The van der Waals surface area contributed by atoms with Gasteiger partial charge in [-0.2, -0.15) is 0 Å². The Kier molecular flexibility index (Phi) is 4.37. The topological polar surface area (TPSA) is 55.2 Å². The lowest BCUT2D eigenvalue weighted by molar-refractivity contribution is -0.199. The van der Waals surface area contributed by atoms with Gasteiger partial charge in [-0.05, 0) is 31.4 Å². The van der Waals surface area contributed by atoms with Crippen molar-refractivity contribution in [1.82, 2.24) is 9.96 Å². The van der Waals surface area contributed by atoms with E-state index in [1.54, 1.807) is 6.26 Å². The van der Waals surface area contributed by atoms with Gasteiger partial charge in [-0.1, -0.05) is 0 Å². The predicted molar refractivity (Wildman–Crippen MR) is 82.3 cm³/mol. The van der Waals surface area contributed by atoms with Crippen molar-refractivity contribution >= 4 is 5.91 Å². The van der Waals surface area contributed by atoms with E-state index in [2.05, 4.69) is 4.90 Å². The quantitative estimate of drug-likeness (QED) is 0.847. The van der Waals surface area contributed by atoms with Gasteiger partial charge in [0.25, 0.3) is 0 Å². The largest absolute Gasteiger partial charge is 0.468 e. The van der Waals surface area contributed by atoms with Gasteiger partial charge in [-0.3, -0.25) is 14.5 Å². The summed E-state index contributed by atoms with van der Waals surface area (Å²) in [5.74, 6) is 1.60. The highest BCUT2D eigenvalue weighted by molar-refractivity contribution is 5.75. The monoisotopic (exact) mass is 320 g/mol. The Balaban J connectivity index is 1.24. The van der Waals surface area contributed by atoms with Crippen molar-refractivity contribution in [3.8, 4) is 0 Å². The molecule has 4 rings (SSSR count). The number of fused-ring (bicyclic) bond motifs is 1. The molecule has 0 unspecified atom stereocenters. The number of hydroxylamine groups is 2. The van der Waals surface area contributed by atoms with Crippen molar-refractivity contribution in [1.29, 1.82) is 0 Å². The summed E-state index contributed by atoms with van der Waals surface area (Å²) in [5, 5.41) is 1.53. The van der Waals surface area contributed by atoms with E-state index < -0.39 is 0 Å². The van der Waals surface area contributed by atoms with Crippen molar-refractivity contribution in [3.63, 3.8) is 0 Å². The zero-order valence-corrected chi connectivity index (χ0v) is 13.4. The van der Waals surface area contributed by atoms with Crippen LogP contribution in [0.25, 0.3) is 0 Å². The summed E-state index contributed by atoms with van der Waals surface area (Å²) >= 11 is 0. The van der Waals surface area contributed by atoms with Gasteiger partial charge >= 0.3 is 0 Å². The predicted octanol–water partition coefficient (Wildman–Crippen LogP) is 1.81. The molecule has 4 heterocycles. The number of likely N-dealkylation sites (tertiary alicyclic amines) is 1. The lowest BCUT2D eigenvalue weighted by Gasteiger charge is -2.27. The number of hydrogen-bond acceptors (Lipinski definition) is 5. The third-order valence-electron chi connectivity index (χ3n) is 5.03. The molecule has 23 heavy (non-hydrogen) atoms. The number of ether oxygens (including phenoxy) is 1. The van der Waals surface area contributed by atoms with E-state index in [1.807, 2.05) is 12.1 Å². The third kappa shape index (κ3) is 3.44. The minimum atomic E-state index is 0.0498.